The zero-order chi connectivity index (χ0) is 13.3. The third kappa shape index (κ3) is 2.32. The molecule has 1 nitrogen and oxygen atoms in total. The van der Waals surface area contributed by atoms with Crippen molar-refractivity contribution in [3.8, 4) is 11.3 Å². The summed E-state index contributed by atoms with van der Waals surface area (Å²) in [5.74, 6) is 0.793. The first-order valence-corrected chi connectivity index (χ1v) is 5.32. The molecule has 1 aromatic carbocycles. The molecular formula is C14H11F3O. The molecule has 1 heterocycles. The van der Waals surface area contributed by atoms with Gasteiger partial charge in [0.05, 0.1) is 5.56 Å². The fourth-order valence-electron chi connectivity index (χ4n) is 1.72. The van der Waals surface area contributed by atoms with Crippen LogP contribution in [0.4, 0.5) is 13.2 Å². The highest BCUT2D eigenvalue weighted by molar-refractivity contribution is 5.66. The molecule has 0 saturated heterocycles. The van der Waals surface area contributed by atoms with E-state index in [4.69, 9.17) is 4.42 Å². The molecule has 0 amide bonds. The van der Waals surface area contributed by atoms with Crippen molar-refractivity contribution < 1.29 is 17.6 Å². The zero-order valence-corrected chi connectivity index (χ0v) is 9.71. The molecule has 0 aliphatic carbocycles. The Hall–Kier alpha value is -1.97. The smallest absolute Gasteiger partial charge is 0.417 e. The summed E-state index contributed by atoms with van der Waals surface area (Å²) in [6, 6.07) is 7.22. The van der Waals surface area contributed by atoms with Gasteiger partial charge in [0, 0.05) is 5.56 Å². The number of alkyl halides is 3. The summed E-state index contributed by atoms with van der Waals surface area (Å²) in [7, 11) is 0. The molecule has 4 heteroatoms. The molecule has 0 unspecified atom stereocenters. The minimum atomic E-state index is -4.42. The van der Waals surface area contributed by atoms with Crippen molar-refractivity contribution in [2.24, 2.45) is 0 Å². The average Bonchev–Trinajstić information content (AvgIpc) is 2.74. The second-order valence-electron chi connectivity index (χ2n) is 3.92. The summed E-state index contributed by atoms with van der Waals surface area (Å²) < 4.78 is 44.2. The van der Waals surface area contributed by atoms with Crippen molar-refractivity contribution in [1.82, 2.24) is 0 Å². The van der Waals surface area contributed by atoms with E-state index < -0.39 is 11.7 Å². The first-order valence-electron chi connectivity index (χ1n) is 5.32. The van der Waals surface area contributed by atoms with E-state index in [1.807, 2.05) is 0 Å². The first kappa shape index (κ1) is 12.5. The van der Waals surface area contributed by atoms with E-state index in [1.165, 1.54) is 18.2 Å². The standard InChI is InChI=1S/C14H11F3O/c1-3-10-5-6-11(12(8-10)14(15,16)17)13-7-4-9(2)18-13/h3-8H,1H2,2H3. The number of hydrogen-bond donors (Lipinski definition) is 0. The van der Waals surface area contributed by atoms with Crippen LogP contribution in [0.3, 0.4) is 0 Å². The Bertz CT molecular complexity index is 579. The molecule has 1 aromatic heterocycles. The molecule has 0 atom stereocenters. The van der Waals surface area contributed by atoms with Gasteiger partial charge >= 0.3 is 6.18 Å². The molecule has 2 aromatic rings. The molecule has 0 bridgehead atoms. The van der Waals surface area contributed by atoms with Crippen molar-refractivity contribution in [2.75, 3.05) is 0 Å². The quantitative estimate of drug-likeness (QED) is 0.739. The lowest BCUT2D eigenvalue weighted by Crippen LogP contribution is -2.07. The van der Waals surface area contributed by atoms with Gasteiger partial charge in [-0.15, -0.1) is 0 Å². The van der Waals surface area contributed by atoms with Crippen LogP contribution >= 0.6 is 0 Å². The van der Waals surface area contributed by atoms with Gasteiger partial charge in [-0.05, 0) is 30.7 Å². The number of benzene rings is 1. The molecule has 0 fully saturated rings. The highest BCUT2D eigenvalue weighted by atomic mass is 19.4. The Labute approximate surface area is 103 Å². The van der Waals surface area contributed by atoms with Crippen molar-refractivity contribution >= 4 is 6.08 Å². The van der Waals surface area contributed by atoms with Gasteiger partial charge in [0.15, 0.2) is 0 Å². The number of furan rings is 1. The molecule has 18 heavy (non-hydrogen) atoms. The molecule has 0 saturated carbocycles. The largest absolute Gasteiger partial charge is 0.461 e. The van der Waals surface area contributed by atoms with Crippen LogP contribution in [0.2, 0.25) is 0 Å². The Morgan fingerprint density at radius 3 is 2.39 bits per heavy atom. The lowest BCUT2D eigenvalue weighted by Gasteiger charge is -2.12. The number of halogens is 3. The average molecular weight is 252 g/mol. The van der Waals surface area contributed by atoms with Gasteiger partial charge in [-0.25, -0.2) is 0 Å². The Kier molecular flexibility index (Phi) is 3.03. The molecule has 0 radical (unpaired) electrons. The lowest BCUT2D eigenvalue weighted by molar-refractivity contribution is -0.137. The van der Waals surface area contributed by atoms with Crippen molar-refractivity contribution in [1.29, 1.82) is 0 Å². The number of aryl methyl sites for hydroxylation is 1. The monoisotopic (exact) mass is 252 g/mol. The van der Waals surface area contributed by atoms with Gasteiger partial charge in [0.25, 0.3) is 0 Å². The maximum absolute atomic E-state index is 13.0. The van der Waals surface area contributed by atoms with Crippen LogP contribution in [-0.2, 0) is 6.18 Å². The molecular weight excluding hydrogens is 241 g/mol. The SMILES string of the molecule is C=Cc1ccc(-c2ccc(C)o2)c(C(F)(F)F)c1. The van der Waals surface area contributed by atoms with Gasteiger partial charge in [0.1, 0.15) is 11.5 Å². The van der Waals surface area contributed by atoms with Gasteiger partial charge in [0.2, 0.25) is 0 Å². The third-order valence-corrected chi connectivity index (χ3v) is 2.59. The fourth-order valence-corrected chi connectivity index (χ4v) is 1.72. The summed E-state index contributed by atoms with van der Waals surface area (Å²) in [5, 5.41) is 0. The van der Waals surface area contributed by atoms with Crippen LogP contribution in [0, 0.1) is 6.92 Å². The van der Waals surface area contributed by atoms with Crippen molar-refractivity contribution in [3.05, 3.63) is 53.8 Å². The second kappa shape index (κ2) is 4.37. The highest BCUT2D eigenvalue weighted by Crippen LogP contribution is 2.38. The normalized spacial score (nSPS) is 11.6. The van der Waals surface area contributed by atoms with E-state index in [0.717, 1.165) is 6.07 Å². The fraction of sp³-hybridized carbons (Fsp3) is 0.143. The molecule has 2 rings (SSSR count). The predicted molar refractivity (Wildman–Crippen MR) is 64.0 cm³/mol. The van der Waals surface area contributed by atoms with Crippen LogP contribution in [-0.4, -0.2) is 0 Å². The van der Waals surface area contributed by atoms with Crippen LogP contribution in [0.1, 0.15) is 16.9 Å². The molecule has 0 spiro atoms. The van der Waals surface area contributed by atoms with E-state index in [1.54, 1.807) is 19.1 Å². The summed E-state index contributed by atoms with van der Waals surface area (Å²) in [4.78, 5) is 0. The maximum atomic E-state index is 13.0. The van der Waals surface area contributed by atoms with Crippen LogP contribution in [0.25, 0.3) is 17.4 Å². The summed E-state index contributed by atoms with van der Waals surface area (Å²) in [6.07, 6.45) is -3.04. The molecule has 0 aliphatic heterocycles. The Morgan fingerprint density at radius 1 is 1.17 bits per heavy atom. The predicted octanol–water partition coefficient (Wildman–Crippen LogP) is 4.92. The van der Waals surface area contributed by atoms with Gasteiger partial charge in [-0.2, -0.15) is 13.2 Å². The zero-order valence-electron chi connectivity index (χ0n) is 9.71. The van der Waals surface area contributed by atoms with Gasteiger partial charge in [-0.1, -0.05) is 24.8 Å². The van der Waals surface area contributed by atoms with E-state index in [0.29, 0.717) is 11.3 Å². The van der Waals surface area contributed by atoms with Crippen LogP contribution in [0.5, 0.6) is 0 Å². The second-order valence-corrected chi connectivity index (χ2v) is 3.92. The van der Waals surface area contributed by atoms with E-state index in [-0.39, 0.29) is 11.3 Å². The van der Waals surface area contributed by atoms with E-state index >= 15 is 0 Å². The van der Waals surface area contributed by atoms with E-state index in [9.17, 15) is 13.2 Å². The summed E-state index contributed by atoms with van der Waals surface area (Å²) in [6.45, 7) is 5.16. The third-order valence-electron chi connectivity index (χ3n) is 2.59. The topological polar surface area (TPSA) is 13.1 Å². The first-order chi connectivity index (χ1) is 8.41. The lowest BCUT2D eigenvalue weighted by atomic mass is 10.0. The number of rotatable bonds is 2. The molecule has 0 aliphatic rings. The Balaban J connectivity index is 2.63. The van der Waals surface area contributed by atoms with Crippen LogP contribution < -0.4 is 0 Å². The van der Waals surface area contributed by atoms with Crippen molar-refractivity contribution in [2.45, 2.75) is 13.1 Å². The minimum absolute atomic E-state index is 0.0428. The Morgan fingerprint density at radius 2 is 1.89 bits per heavy atom. The molecule has 0 N–H and O–H groups in total. The minimum Gasteiger partial charge on any atom is -0.461 e. The summed E-state index contributed by atoms with van der Waals surface area (Å²) >= 11 is 0. The van der Waals surface area contributed by atoms with Gasteiger partial charge < -0.3 is 4.42 Å². The number of hydrogen-bond acceptors (Lipinski definition) is 1. The summed E-state index contributed by atoms with van der Waals surface area (Å²) in [5.41, 5.74) is -0.246. The maximum Gasteiger partial charge on any atom is 0.417 e. The highest BCUT2D eigenvalue weighted by Gasteiger charge is 2.34. The van der Waals surface area contributed by atoms with E-state index in [2.05, 4.69) is 6.58 Å². The molecule has 94 valence electrons. The van der Waals surface area contributed by atoms with Crippen LogP contribution in [0.15, 0.2) is 41.3 Å². The van der Waals surface area contributed by atoms with Crippen molar-refractivity contribution in [3.63, 3.8) is 0 Å². The van der Waals surface area contributed by atoms with Gasteiger partial charge in [-0.3, -0.25) is 0 Å².